The summed E-state index contributed by atoms with van der Waals surface area (Å²) in [5.41, 5.74) is 1.09. The lowest BCUT2D eigenvalue weighted by Crippen LogP contribution is -2.33. The minimum Gasteiger partial charge on any atom is -0.337 e. The third-order valence-corrected chi connectivity index (χ3v) is 3.84. The minimum absolute atomic E-state index is 0.181. The summed E-state index contributed by atoms with van der Waals surface area (Å²) in [7, 11) is 0. The molecule has 0 unspecified atom stereocenters. The van der Waals surface area contributed by atoms with E-state index in [-0.39, 0.29) is 5.91 Å². The standard InChI is InChI=1S/C12H18BrNOS/c1-3-4-7-14(8-6-13)12(15)11-10(2)5-9-16-11/h5,9H,3-4,6-8H2,1-2H3. The van der Waals surface area contributed by atoms with Gasteiger partial charge in [0, 0.05) is 18.4 Å². The summed E-state index contributed by atoms with van der Waals surface area (Å²) in [4.78, 5) is 15.1. The van der Waals surface area contributed by atoms with Crippen LogP contribution in [0.1, 0.15) is 35.0 Å². The lowest BCUT2D eigenvalue weighted by Gasteiger charge is -2.21. The Morgan fingerprint density at radius 2 is 2.25 bits per heavy atom. The summed E-state index contributed by atoms with van der Waals surface area (Å²) in [5.74, 6) is 0.181. The molecule has 0 aliphatic heterocycles. The fourth-order valence-corrected chi connectivity index (χ4v) is 2.82. The first-order valence-electron chi connectivity index (χ1n) is 5.60. The summed E-state index contributed by atoms with van der Waals surface area (Å²) in [6, 6.07) is 2.00. The second-order valence-electron chi connectivity index (χ2n) is 3.77. The molecule has 2 nitrogen and oxygen atoms in total. The van der Waals surface area contributed by atoms with Crippen molar-refractivity contribution in [1.82, 2.24) is 4.90 Å². The normalized spacial score (nSPS) is 10.4. The minimum atomic E-state index is 0.181. The SMILES string of the molecule is CCCCN(CCBr)C(=O)c1sccc1C. The first-order valence-corrected chi connectivity index (χ1v) is 7.60. The zero-order valence-electron chi connectivity index (χ0n) is 9.83. The van der Waals surface area contributed by atoms with Crippen LogP contribution in [0.25, 0.3) is 0 Å². The van der Waals surface area contributed by atoms with Crippen molar-refractivity contribution in [2.75, 3.05) is 18.4 Å². The molecular formula is C12H18BrNOS. The molecule has 16 heavy (non-hydrogen) atoms. The van der Waals surface area contributed by atoms with Crippen LogP contribution in [0.5, 0.6) is 0 Å². The first-order chi connectivity index (χ1) is 7.70. The zero-order chi connectivity index (χ0) is 12.0. The van der Waals surface area contributed by atoms with Gasteiger partial charge in [-0.25, -0.2) is 0 Å². The highest BCUT2D eigenvalue weighted by Gasteiger charge is 2.17. The molecule has 0 saturated heterocycles. The molecule has 0 fully saturated rings. The predicted molar refractivity (Wildman–Crippen MR) is 73.7 cm³/mol. The lowest BCUT2D eigenvalue weighted by atomic mass is 10.2. The van der Waals surface area contributed by atoms with Gasteiger partial charge in [-0.3, -0.25) is 4.79 Å². The van der Waals surface area contributed by atoms with Gasteiger partial charge in [-0.2, -0.15) is 0 Å². The number of carbonyl (C=O) groups is 1. The van der Waals surface area contributed by atoms with Gasteiger partial charge < -0.3 is 4.90 Å². The van der Waals surface area contributed by atoms with Crippen molar-refractivity contribution >= 4 is 33.2 Å². The number of aryl methyl sites for hydroxylation is 1. The van der Waals surface area contributed by atoms with Crippen molar-refractivity contribution in [3.8, 4) is 0 Å². The van der Waals surface area contributed by atoms with Gasteiger partial charge in [0.25, 0.3) is 5.91 Å². The number of thiophene rings is 1. The Hall–Kier alpha value is -0.350. The number of carbonyl (C=O) groups excluding carboxylic acids is 1. The molecule has 0 aromatic carbocycles. The largest absolute Gasteiger partial charge is 0.337 e. The second-order valence-corrected chi connectivity index (χ2v) is 5.48. The third kappa shape index (κ3) is 3.59. The second kappa shape index (κ2) is 7.07. The van der Waals surface area contributed by atoms with E-state index < -0.39 is 0 Å². The number of amides is 1. The molecule has 1 heterocycles. The molecule has 1 aromatic heterocycles. The van der Waals surface area contributed by atoms with Gasteiger partial charge in [-0.15, -0.1) is 11.3 Å². The summed E-state index contributed by atoms with van der Waals surface area (Å²) in [6.07, 6.45) is 2.19. The monoisotopic (exact) mass is 303 g/mol. The number of nitrogens with zero attached hydrogens (tertiary/aromatic N) is 1. The summed E-state index contributed by atoms with van der Waals surface area (Å²) >= 11 is 4.94. The maximum atomic E-state index is 12.2. The number of rotatable bonds is 6. The van der Waals surface area contributed by atoms with Gasteiger partial charge in [0.1, 0.15) is 0 Å². The Labute approximate surface area is 110 Å². The molecule has 1 aromatic rings. The van der Waals surface area contributed by atoms with E-state index >= 15 is 0 Å². The van der Waals surface area contributed by atoms with Crippen LogP contribution in [0, 0.1) is 6.92 Å². The van der Waals surface area contributed by atoms with Crippen LogP contribution in [0.2, 0.25) is 0 Å². The quantitative estimate of drug-likeness (QED) is 0.734. The maximum absolute atomic E-state index is 12.2. The molecule has 0 aliphatic rings. The Morgan fingerprint density at radius 1 is 1.50 bits per heavy atom. The van der Waals surface area contributed by atoms with Crippen LogP contribution < -0.4 is 0 Å². The number of halogens is 1. The fourth-order valence-electron chi connectivity index (χ4n) is 1.50. The van der Waals surface area contributed by atoms with Crippen molar-refractivity contribution in [1.29, 1.82) is 0 Å². The van der Waals surface area contributed by atoms with E-state index in [1.807, 2.05) is 23.3 Å². The number of unbranched alkanes of at least 4 members (excludes halogenated alkanes) is 1. The van der Waals surface area contributed by atoms with E-state index in [4.69, 9.17) is 0 Å². The van der Waals surface area contributed by atoms with Gasteiger partial charge in [0.15, 0.2) is 0 Å². The molecule has 0 aliphatic carbocycles. The van der Waals surface area contributed by atoms with Crippen molar-refractivity contribution in [3.63, 3.8) is 0 Å². The highest BCUT2D eigenvalue weighted by molar-refractivity contribution is 9.09. The highest BCUT2D eigenvalue weighted by Crippen LogP contribution is 2.18. The van der Waals surface area contributed by atoms with Crippen LogP contribution in [0.3, 0.4) is 0 Å². The number of hydrogen-bond donors (Lipinski definition) is 0. The van der Waals surface area contributed by atoms with E-state index in [1.165, 1.54) is 11.3 Å². The predicted octanol–water partition coefficient (Wildman–Crippen LogP) is 3.69. The molecular weight excluding hydrogens is 286 g/mol. The Balaban J connectivity index is 2.70. The van der Waals surface area contributed by atoms with E-state index in [1.54, 1.807) is 0 Å². The van der Waals surface area contributed by atoms with Crippen molar-refractivity contribution in [2.24, 2.45) is 0 Å². The Morgan fingerprint density at radius 3 is 2.75 bits per heavy atom. The Bertz CT molecular complexity index is 338. The summed E-state index contributed by atoms with van der Waals surface area (Å²) in [5, 5.41) is 2.82. The van der Waals surface area contributed by atoms with Gasteiger partial charge in [0.05, 0.1) is 4.88 Å². The van der Waals surface area contributed by atoms with E-state index in [0.29, 0.717) is 0 Å². The fraction of sp³-hybridized carbons (Fsp3) is 0.583. The van der Waals surface area contributed by atoms with Crippen LogP contribution in [-0.2, 0) is 0 Å². The highest BCUT2D eigenvalue weighted by atomic mass is 79.9. The molecule has 90 valence electrons. The van der Waals surface area contributed by atoms with Crippen molar-refractivity contribution < 1.29 is 4.79 Å². The molecule has 0 atom stereocenters. The molecule has 4 heteroatoms. The molecule has 0 saturated carbocycles. The average molecular weight is 304 g/mol. The third-order valence-electron chi connectivity index (χ3n) is 2.48. The lowest BCUT2D eigenvalue weighted by molar-refractivity contribution is 0.0768. The van der Waals surface area contributed by atoms with Gasteiger partial charge in [-0.1, -0.05) is 29.3 Å². The van der Waals surface area contributed by atoms with Crippen molar-refractivity contribution in [3.05, 3.63) is 21.9 Å². The van der Waals surface area contributed by atoms with E-state index in [9.17, 15) is 4.79 Å². The van der Waals surface area contributed by atoms with Gasteiger partial charge in [0.2, 0.25) is 0 Å². The Kier molecular flexibility index (Phi) is 6.06. The first kappa shape index (κ1) is 13.7. The van der Waals surface area contributed by atoms with Crippen molar-refractivity contribution in [2.45, 2.75) is 26.7 Å². The summed E-state index contributed by atoms with van der Waals surface area (Å²) < 4.78 is 0. The van der Waals surface area contributed by atoms with Crippen LogP contribution in [0.4, 0.5) is 0 Å². The molecule has 0 spiro atoms. The number of alkyl halides is 1. The molecule has 0 radical (unpaired) electrons. The average Bonchev–Trinajstić information content (AvgIpc) is 2.69. The number of hydrogen-bond acceptors (Lipinski definition) is 2. The maximum Gasteiger partial charge on any atom is 0.264 e. The van der Waals surface area contributed by atoms with E-state index in [0.717, 1.165) is 41.7 Å². The van der Waals surface area contributed by atoms with E-state index in [2.05, 4.69) is 22.9 Å². The molecule has 1 rings (SSSR count). The summed E-state index contributed by atoms with van der Waals surface area (Å²) in [6.45, 7) is 5.79. The van der Waals surface area contributed by atoms with Gasteiger partial charge >= 0.3 is 0 Å². The molecule has 1 amide bonds. The zero-order valence-corrected chi connectivity index (χ0v) is 12.2. The smallest absolute Gasteiger partial charge is 0.264 e. The molecule has 0 bridgehead atoms. The van der Waals surface area contributed by atoms with Crippen LogP contribution in [-0.4, -0.2) is 29.2 Å². The van der Waals surface area contributed by atoms with Crippen LogP contribution in [0.15, 0.2) is 11.4 Å². The topological polar surface area (TPSA) is 20.3 Å². The molecule has 0 N–H and O–H groups in total. The van der Waals surface area contributed by atoms with Crippen LogP contribution >= 0.6 is 27.3 Å². The van der Waals surface area contributed by atoms with Gasteiger partial charge in [-0.05, 0) is 30.4 Å².